The number of hydrogen-bond acceptors (Lipinski definition) is 0. The monoisotopic (exact) mass is 196 g/mol. The van der Waals surface area contributed by atoms with E-state index in [9.17, 15) is 0 Å². The van der Waals surface area contributed by atoms with Crippen LogP contribution in [0, 0.1) is 0 Å². The lowest BCUT2D eigenvalue weighted by Crippen LogP contribution is -2.50. The van der Waals surface area contributed by atoms with Crippen molar-refractivity contribution in [3.8, 4) is 0 Å². The first kappa shape index (κ1) is 13.4. The van der Waals surface area contributed by atoms with Crippen molar-refractivity contribution in [3.63, 3.8) is 0 Å². The standard InChI is InChI=1S/C13H25N/c1-3-4-5-6-7-8-9-10-13(2)11-12-14/h9-10H,2-8,11-12,14H2,1H3/p+1. The molecule has 1 heteroatoms. The van der Waals surface area contributed by atoms with E-state index < -0.39 is 0 Å². The molecule has 82 valence electrons. The van der Waals surface area contributed by atoms with E-state index in [1.54, 1.807) is 0 Å². The first-order valence-corrected chi connectivity index (χ1v) is 5.94. The maximum absolute atomic E-state index is 3.96. The Morgan fingerprint density at radius 2 is 1.93 bits per heavy atom. The van der Waals surface area contributed by atoms with Gasteiger partial charge in [-0.15, -0.1) is 0 Å². The van der Waals surface area contributed by atoms with Crippen molar-refractivity contribution < 1.29 is 5.73 Å². The summed E-state index contributed by atoms with van der Waals surface area (Å²) >= 11 is 0. The smallest absolute Gasteiger partial charge is 0.0780 e. The molecule has 0 heterocycles. The van der Waals surface area contributed by atoms with Crippen LogP contribution in [0.15, 0.2) is 24.3 Å². The van der Waals surface area contributed by atoms with Crippen LogP contribution in [-0.4, -0.2) is 6.54 Å². The molecule has 0 atom stereocenters. The average molecular weight is 196 g/mol. The Morgan fingerprint density at radius 1 is 1.21 bits per heavy atom. The van der Waals surface area contributed by atoms with E-state index in [0.717, 1.165) is 13.0 Å². The van der Waals surface area contributed by atoms with Gasteiger partial charge in [0.15, 0.2) is 0 Å². The van der Waals surface area contributed by atoms with Gasteiger partial charge in [0.2, 0.25) is 0 Å². The molecule has 0 bridgehead atoms. The van der Waals surface area contributed by atoms with Gasteiger partial charge in [-0.1, -0.05) is 51.3 Å². The second-order valence-electron chi connectivity index (χ2n) is 3.87. The molecule has 0 aliphatic rings. The lowest BCUT2D eigenvalue weighted by atomic mass is 10.1. The van der Waals surface area contributed by atoms with Crippen LogP contribution in [0.5, 0.6) is 0 Å². The Balaban J connectivity index is 3.22. The molecule has 3 N–H and O–H groups in total. The third-order valence-electron chi connectivity index (χ3n) is 2.33. The van der Waals surface area contributed by atoms with E-state index >= 15 is 0 Å². The Hall–Kier alpha value is -0.560. The lowest BCUT2D eigenvalue weighted by Gasteiger charge is -1.97. The Morgan fingerprint density at radius 3 is 2.57 bits per heavy atom. The zero-order valence-corrected chi connectivity index (χ0v) is 9.73. The van der Waals surface area contributed by atoms with E-state index in [2.05, 4.69) is 31.4 Å². The fourth-order valence-electron chi connectivity index (χ4n) is 1.43. The highest BCUT2D eigenvalue weighted by atomic mass is 14.5. The van der Waals surface area contributed by atoms with Crippen LogP contribution >= 0.6 is 0 Å². The summed E-state index contributed by atoms with van der Waals surface area (Å²) < 4.78 is 0. The Kier molecular flexibility index (Phi) is 10.1. The van der Waals surface area contributed by atoms with Crippen molar-refractivity contribution in [1.82, 2.24) is 0 Å². The minimum Gasteiger partial charge on any atom is -0.357 e. The van der Waals surface area contributed by atoms with Crippen LogP contribution in [0.3, 0.4) is 0 Å². The van der Waals surface area contributed by atoms with E-state index in [-0.39, 0.29) is 0 Å². The van der Waals surface area contributed by atoms with Crippen LogP contribution in [0.25, 0.3) is 0 Å². The molecule has 0 rings (SSSR count). The van der Waals surface area contributed by atoms with Gasteiger partial charge in [-0.05, 0) is 18.4 Å². The first-order chi connectivity index (χ1) is 6.81. The number of quaternary nitrogens is 1. The van der Waals surface area contributed by atoms with Gasteiger partial charge in [-0.2, -0.15) is 0 Å². The molecule has 0 aromatic heterocycles. The summed E-state index contributed by atoms with van der Waals surface area (Å²) in [5, 5.41) is 0. The molecule has 0 aliphatic heterocycles. The minimum atomic E-state index is 0.958. The van der Waals surface area contributed by atoms with Gasteiger partial charge in [-0.25, -0.2) is 0 Å². The van der Waals surface area contributed by atoms with Crippen molar-refractivity contribution in [2.75, 3.05) is 6.54 Å². The van der Waals surface area contributed by atoms with Crippen molar-refractivity contribution in [1.29, 1.82) is 0 Å². The quantitative estimate of drug-likeness (QED) is 0.433. The largest absolute Gasteiger partial charge is 0.357 e. The third-order valence-corrected chi connectivity index (χ3v) is 2.33. The predicted molar refractivity (Wildman–Crippen MR) is 64.0 cm³/mol. The second-order valence-corrected chi connectivity index (χ2v) is 3.87. The third kappa shape index (κ3) is 9.53. The summed E-state index contributed by atoms with van der Waals surface area (Å²) in [4.78, 5) is 0. The zero-order valence-electron chi connectivity index (χ0n) is 9.73. The molecule has 0 saturated carbocycles. The van der Waals surface area contributed by atoms with E-state index in [4.69, 9.17) is 0 Å². The summed E-state index contributed by atoms with van der Waals surface area (Å²) in [6.45, 7) is 7.18. The van der Waals surface area contributed by atoms with Crippen LogP contribution in [0.1, 0.15) is 51.9 Å². The molecule has 0 aromatic rings. The molecule has 0 unspecified atom stereocenters. The summed E-state index contributed by atoms with van der Waals surface area (Å²) in [6, 6.07) is 0. The minimum absolute atomic E-state index is 0.958. The van der Waals surface area contributed by atoms with E-state index in [1.807, 2.05) is 0 Å². The molecule has 1 nitrogen and oxygen atoms in total. The predicted octanol–water partition coefficient (Wildman–Crippen LogP) is 3.09. The highest BCUT2D eigenvalue weighted by Gasteiger charge is 1.88. The molecule has 0 fully saturated rings. The van der Waals surface area contributed by atoms with Crippen molar-refractivity contribution >= 4 is 0 Å². The number of hydrogen-bond donors (Lipinski definition) is 1. The molecular weight excluding hydrogens is 170 g/mol. The Labute approximate surface area is 89.1 Å². The summed E-state index contributed by atoms with van der Waals surface area (Å²) in [5.41, 5.74) is 5.03. The average Bonchev–Trinajstić information content (AvgIpc) is 2.17. The van der Waals surface area contributed by atoms with Gasteiger partial charge in [0.05, 0.1) is 6.54 Å². The normalized spacial score (nSPS) is 11.0. The Bertz CT molecular complexity index is 159. The highest BCUT2D eigenvalue weighted by Crippen LogP contribution is 2.06. The van der Waals surface area contributed by atoms with Crippen molar-refractivity contribution in [2.24, 2.45) is 0 Å². The van der Waals surface area contributed by atoms with Crippen LogP contribution in [0.2, 0.25) is 0 Å². The molecule has 14 heavy (non-hydrogen) atoms. The summed E-state index contributed by atoms with van der Waals surface area (Å²) in [7, 11) is 0. The van der Waals surface area contributed by atoms with Gasteiger partial charge in [-0.3, -0.25) is 0 Å². The summed E-state index contributed by atoms with van der Waals surface area (Å²) in [6.07, 6.45) is 13.5. The van der Waals surface area contributed by atoms with Gasteiger partial charge in [0, 0.05) is 6.42 Å². The van der Waals surface area contributed by atoms with Crippen molar-refractivity contribution in [2.45, 2.75) is 51.9 Å². The topological polar surface area (TPSA) is 27.6 Å². The van der Waals surface area contributed by atoms with Gasteiger partial charge in [0.1, 0.15) is 0 Å². The van der Waals surface area contributed by atoms with Gasteiger partial charge >= 0.3 is 0 Å². The molecule has 0 aliphatic carbocycles. The summed E-state index contributed by atoms with van der Waals surface area (Å²) in [5.74, 6) is 0. The number of allylic oxidation sites excluding steroid dienone is 2. The number of rotatable bonds is 9. The zero-order chi connectivity index (χ0) is 10.6. The van der Waals surface area contributed by atoms with Gasteiger partial charge < -0.3 is 5.73 Å². The molecule has 0 spiro atoms. The van der Waals surface area contributed by atoms with Crippen LogP contribution in [0.4, 0.5) is 0 Å². The van der Waals surface area contributed by atoms with Gasteiger partial charge in [0.25, 0.3) is 0 Å². The van der Waals surface area contributed by atoms with E-state index in [1.165, 1.54) is 44.1 Å². The van der Waals surface area contributed by atoms with Crippen LogP contribution < -0.4 is 5.73 Å². The maximum Gasteiger partial charge on any atom is 0.0780 e. The fourth-order valence-corrected chi connectivity index (χ4v) is 1.43. The molecule has 0 radical (unpaired) electrons. The van der Waals surface area contributed by atoms with E-state index in [0.29, 0.717) is 0 Å². The SMILES string of the molecule is C=C(C=CCCCCCCC)CC[NH3+]. The molecule has 0 saturated heterocycles. The fraction of sp³-hybridized carbons (Fsp3) is 0.692. The highest BCUT2D eigenvalue weighted by molar-refractivity contribution is 5.13. The lowest BCUT2D eigenvalue weighted by molar-refractivity contribution is -0.366. The van der Waals surface area contributed by atoms with Crippen molar-refractivity contribution in [3.05, 3.63) is 24.3 Å². The van der Waals surface area contributed by atoms with Crippen LogP contribution in [-0.2, 0) is 0 Å². The number of unbranched alkanes of at least 4 members (excludes halogenated alkanes) is 5. The first-order valence-electron chi connectivity index (χ1n) is 5.94. The second kappa shape index (κ2) is 10.5. The maximum atomic E-state index is 3.96. The molecular formula is C13H26N+. The molecule has 0 amide bonds. The molecule has 0 aromatic carbocycles.